The van der Waals surface area contributed by atoms with Crippen LogP contribution in [0.5, 0.6) is 0 Å². The summed E-state index contributed by atoms with van der Waals surface area (Å²) >= 11 is 0. The number of alkyl halides is 3. The van der Waals surface area contributed by atoms with Gasteiger partial charge in [-0.25, -0.2) is 4.98 Å². The van der Waals surface area contributed by atoms with E-state index >= 15 is 0 Å². The zero-order chi connectivity index (χ0) is 15.6. The lowest BCUT2D eigenvalue weighted by molar-refractivity contribution is -0.385. The van der Waals surface area contributed by atoms with E-state index in [0.717, 1.165) is 12.1 Å². The van der Waals surface area contributed by atoms with E-state index in [1.807, 2.05) is 0 Å². The molecule has 0 amide bonds. The highest BCUT2D eigenvalue weighted by Crippen LogP contribution is 2.37. The van der Waals surface area contributed by atoms with E-state index in [1.165, 1.54) is 11.0 Å². The molecule has 0 saturated carbocycles. The Morgan fingerprint density at radius 1 is 1.43 bits per heavy atom. The zero-order valence-electron chi connectivity index (χ0n) is 10.8. The number of aryl methyl sites for hydroxylation is 1. The summed E-state index contributed by atoms with van der Waals surface area (Å²) in [7, 11) is 1.63. The Bertz CT molecular complexity index is 668. The highest BCUT2D eigenvalue weighted by atomic mass is 19.4. The molecular formula is C11H10F3N5O2. The Balaban J connectivity index is 2.27. The Labute approximate surface area is 116 Å². The number of aromatic nitrogens is 3. The molecule has 1 aromatic carbocycles. The first-order chi connectivity index (χ1) is 9.77. The lowest BCUT2D eigenvalue weighted by Crippen LogP contribution is -2.12. The van der Waals surface area contributed by atoms with Crippen LogP contribution >= 0.6 is 0 Å². The topological polar surface area (TPSA) is 85.9 Å². The van der Waals surface area contributed by atoms with E-state index in [2.05, 4.69) is 15.4 Å². The van der Waals surface area contributed by atoms with Gasteiger partial charge in [-0.15, -0.1) is 0 Å². The first-order valence-electron chi connectivity index (χ1n) is 5.71. The molecule has 0 aliphatic carbocycles. The number of nitrogens with one attached hydrogen (secondary N) is 1. The second kappa shape index (κ2) is 5.38. The second-order valence-corrected chi connectivity index (χ2v) is 4.17. The number of rotatable bonds is 4. The average molecular weight is 301 g/mol. The van der Waals surface area contributed by atoms with Gasteiger partial charge in [-0.05, 0) is 6.07 Å². The fourth-order valence-corrected chi connectivity index (χ4v) is 1.67. The van der Waals surface area contributed by atoms with E-state index in [4.69, 9.17) is 0 Å². The van der Waals surface area contributed by atoms with Gasteiger partial charge in [0.25, 0.3) is 5.69 Å². The third-order valence-electron chi connectivity index (χ3n) is 2.60. The van der Waals surface area contributed by atoms with Crippen LogP contribution in [0.15, 0.2) is 24.5 Å². The summed E-state index contributed by atoms with van der Waals surface area (Å²) in [6, 6.07) is 2.52. The van der Waals surface area contributed by atoms with Crippen molar-refractivity contribution in [1.82, 2.24) is 14.8 Å². The maximum Gasteiger partial charge on any atom is 0.418 e. The van der Waals surface area contributed by atoms with Gasteiger partial charge in [0.2, 0.25) is 0 Å². The first-order valence-corrected chi connectivity index (χ1v) is 5.71. The van der Waals surface area contributed by atoms with Gasteiger partial charge in [0, 0.05) is 24.9 Å². The fraction of sp³-hybridized carbons (Fsp3) is 0.273. The van der Waals surface area contributed by atoms with Crippen LogP contribution in [-0.2, 0) is 19.8 Å². The molecule has 0 aliphatic rings. The molecular weight excluding hydrogens is 291 g/mol. The van der Waals surface area contributed by atoms with Crippen molar-refractivity contribution in [2.45, 2.75) is 12.7 Å². The summed E-state index contributed by atoms with van der Waals surface area (Å²) in [6.45, 7) is -0.0261. The van der Waals surface area contributed by atoms with E-state index in [0.29, 0.717) is 11.9 Å². The number of nitro benzene ring substituents is 1. The molecule has 0 bridgehead atoms. The molecule has 0 saturated heterocycles. The van der Waals surface area contributed by atoms with E-state index in [9.17, 15) is 23.3 Å². The number of anilines is 1. The molecule has 21 heavy (non-hydrogen) atoms. The molecule has 1 N–H and O–H groups in total. The molecule has 112 valence electrons. The maximum absolute atomic E-state index is 12.9. The Morgan fingerprint density at radius 2 is 2.14 bits per heavy atom. The van der Waals surface area contributed by atoms with E-state index in [-0.39, 0.29) is 12.2 Å². The second-order valence-electron chi connectivity index (χ2n) is 4.17. The van der Waals surface area contributed by atoms with Crippen LogP contribution < -0.4 is 5.32 Å². The number of hydrogen-bond acceptors (Lipinski definition) is 5. The van der Waals surface area contributed by atoms with Crippen molar-refractivity contribution < 1.29 is 18.1 Å². The maximum atomic E-state index is 12.9. The number of non-ortho nitro benzene ring substituents is 1. The summed E-state index contributed by atoms with van der Waals surface area (Å²) in [5, 5.41) is 17.0. The molecule has 2 rings (SSSR count). The SMILES string of the molecule is Cn1cnc(CNc2ccc([N+](=O)[O-])cc2C(F)(F)F)n1. The van der Waals surface area contributed by atoms with Gasteiger partial charge in [-0.3, -0.25) is 14.8 Å². The van der Waals surface area contributed by atoms with Gasteiger partial charge < -0.3 is 5.32 Å². The predicted molar refractivity (Wildman–Crippen MR) is 66.4 cm³/mol. The standard InChI is InChI=1S/C11H10F3N5O2/c1-18-6-16-10(17-18)5-15-9-3-2-7(19(20)21)4-8(9)11(12,13)14/h2-4,6,15H,5H2,1H3. The average Bonchev–Trinajstić information content (AvgIpc) is 2.81. The van der Waals surface area contributed by atoms with Gasteiger partial charge in [0.1, 0.15) is 6.33 Å². The third-order valence-corrected chi connectivity index (χ3v) is 2.60. The van der Waals surface area contributed by atoms with Crippen molar-refractivity contribution in [2.24, 2.45) is 7.05 Å². The Hall–Kier alpha value is -2.65. The normalized spacial score (nSPS) is 11.4. The lowest BCUT2D eigenvalue weighted by Gasteiger charge is -2.13. The van der Waals surface area contributed by atoms with Crippen LogP contribution in [-0.4, -0.2) is 19.7 Å². The molecule has 1 heterocycles. The molecule has 0 unspecified atom stereocenters. The first kappa shape index (κ1) is 14.8. The van der Waals surface area contributed by atoms with Crippen molar-refractivity contribution in [1.29, 1.82) is 0 Å². The van der Waals surface area contributed by atoms with Gasteiger partial charge in [0.15, 0.2) is 5.82 Å². The number of benzene rings is 1. The molecule has 0 aliphatic heterocycles. The lowest BCUT2D eigenvalue weighted by atomic mass is 10.1. The molecule has 1 aromatic heterocycles. The number of halogens is 3. The van der Waals surface area contributed by atoms with Crippen molar-refractivity contribution in [2.75, 3.05) is 5.32 Å². The summed E-state index contributed by atoms with van der Waals surface area (Å²) in [5.74, 6) is 0.309. The Morgan fingerprint density at radius 3 is 2.67 bits per heavy atom. The molecule has 0 radical (unpaired) electrons. The summed E-state index contributed by atoms with van der Waals surface area (Å²) in [4.78, 5) is 13.6. The largest absolute Gasteiger partial charge is 0.418 e. The van der Waals surface area contributed by atoms with Gasteiger partial charge in [-0.2, -0.15) is 18.3 Å². The third kappa shape index (κ3) is 3.46. The van der Waals surface area contributed by atoms with Crippen molar-refractivity contribution in [3.8, 4) is 0 Å². The van der Waals surface area contributed by atoms with Crippen LogP contribution in [0.1, 0.15) is 11.4 Å². The molecule has 10 heteroatoms. The minimum Gasteiger partial charge on any atom is -0.377 e. The predicted octanol–water partition coefficient (Wildman–Crippen LogP) is 2.35. The van der Waals surface area contributed by atoms with Crippen molar-refractivity contribution >= 4 is 11.4 Å². The molecule has 7 nitrogen and oxygen atoms in total. The minimum atomic E-state index is -4.70. The summed E-state index contributed by atoms with van der Waals surface area (Å²) in [6.07, 6.45) is -3.29. The van der Waals surface area contributed by atoms with Crippen LogP contribution in [0.25, 0.3) is 0 Å². The molecule has 0 atom stereocenters. The van der Waals surface area contributed by atoms with Crippen molar-refractivity contribution in [3.63, 3.8) is 0 Å². The number of nitro groups is 1. The summed E-state index contributed by atoms with van der Waals surface area (Å²) < 4.78 is 40.2. The monoisotopic (exact) mass is 301 g/mol. The van der Waals surface area contributed by atoms with Gasteiger partial charge in [-0.1, -0.05) is 0 Å². The molecule has 2 aromatic rings. The smallest absolute Gasteiger partial charge is 0.377 e. The van der Waals surface area contributed by atoms with Crippen LogP contribution in [0.3, 0.4) is 0 Å². The molecule has 0 spiro atoms. The van der Waals surface area contributed by atoms with Crippen LogP contribution in [0.2, 0.25) is 0 Å². The molecule has 0 fully saturated rings. The quantitative estimate of drug-likeness (QED) is 0.692. The highest BCUT2D eigenvalue weighted by molar-refractivity contribution is 5.57. The zero-order valence-corrected chi connectivity index (χ0v) is 10.8. The van der Waals surface area contributed by atoms with Crippen LogP contribution in [0, 0.1) is 10.1 Å². The van der Waals surface area contributed by atoms with E-state index < -0.39 is 22.4 Å². The van der Waals surface area contributed by atoms with Gasteiger partial charge in [0.05, 0.1) is 17.0 Å². The highest BCUT2D eigenvalue weighted by Gasteiger charge is 2.35. The van der Waals surface area contributed by atoms with E-state index in [1.54, 1.807) is 7.05 Å². The minimum absolute atomic E-state index is 0.0261. The summed E-state index contributed by atoms with van der Waals surface area (Å²) in [5.41, 5.74) is -1.99. The van der Waals surface area contributed by atoms with Gasteiger partial charge >= 0.3 is 6.18 Å². The van der Waals surface area contributed by atoms with Crippen LogP contribution in [0.4, 0.5) is 24.5 Å². The Kier molecular flexibility index (Phi) is 3.78. The fourth-order valence-electron chi connectivity index (χ4n) is 1.67. The number of hydrogen-bond donors (Lipinski definition) is 1. The van der Waals surface area contributed by atoms with Crippen molar-refractivity contribution in [3.05, 3.63) is 46.0 Å². The number of nitrogens with zero attached hydrogens (tertiary/aromatic N) is 4.